The Balaban J connectivity index is 1.85. The number of aryl methyl sites for hydroxylation is 1. The molecule has 2 nitrogen and oxygen atoms in total. The van der Waals surface area contributed by atoms with Crippen LogP contribution in [0.25, 0.3) is 6.08 Å². The number of allylic oxidation sites excluding steroid dienone is 1. The fourth-order valence-electron chi connectivity index (χ4n) is 2.91. The first-order valence-electron chi connectivity index (χ1n) is 9.06. The number of carbonyl (C=O) groups is 2. The van der Waals surface area contributed by atoms with E-state index in [4.69, 9.17) is 0 Å². The Labute approximate surface area is 160 Å². The Morgan fingerprint density at radius 2 is 1.33 bits per heavy atom. The Morgan fingerprint density at radius 1 is 0.778 bits per heavy atom. The molecule has 0 aliphatic carbocycles. The van der Waals surface area contributed by atoms with Crippen molar-refractivity contribution in [3.05, 3.63) is 113 Å². The van der Waals surface area contributed by atoms with Gasteiger partial charge < -0.3 is 0 Å². The van der Waals surface area contributed by atoms with E-state index < -0.39 is 5.92 Å². The molecule has 0 bridgehead atoms. The number of hydrogen-bond donors (Lipinski definition) is 0. The molecule has 0 aromatic heterocycles. The van der Waals surface area contributed by atoms with Crippen LogP contribution in [0.5, 0.6) is 0 Å². The molecule has 0 heterocycles. The normalized spacial score (nSPS) is 12.0. The molecule has 0 spiro atoms. The van der Waals surface area contributed by atoms with E-state index in [0.29, 0.717) is 11.1 Å². The van der Waals surface area contributed by atoms with Gasteiger partial charge in [0.25, 0.3) is 0 Å². The van der Waals surface area contributed by atoms with Crippen molar-refractivity contribution in [2.24, 2.45) is 5.92 Å². The third-order valence-electron chi connectivity index (χ3n) is 4.49. The molecule has 27 heavy (non-hydrogen) atoms. The summed E-state index contributed by atoms with van der Waals surface area (Å²) in [5, 5.41) is 0. The van der Waals surface area contributed by atoms with Gasteiger partial charge in [0.05, 0.1) is 0 Å². The molecule has 1 atom stereocenters. The average Bonchev–Trinajstić information content (AvgIpc) is 2.73. The van der Waals surface area contributed by atoms with Crippen LogP contribution < -0.4 is 0 Å². The minimum Gasteiger partial charge on any atom is -0.294 e. The first kappa shape index (κ1) is 18.5. The molecule has 0 saturated carbocycles. The summed E-state index contributed by atoms with van der Waals surface area (Å²) in [6.07, 6.45) is 3.92. The lowest BCUT2D eigenvalue weighted by Gasteiger charge is -2.12. The van der Waals surface area contributed by atoms with Gasteiger partial charge in [-0.15, -0.1) is 0 Å². The lowest BCUT2D eigenvalue weighted by Crippen LogP contribution is -2.17. The highest BCUT2D eigenvalue weighted by atomic mass is 16.1. The molecule has 2 heteroatoms. The monoisotopic (exact) mass is 354 g/mol. The van der Waals surface area contributed by atoms with Crippen LogP contribution in [0.4, 0.5) is 0 Å². The maximum Gasteiger partial charge on any atom is 0.170 e. The SMILES string of the molecule is Cc1ccc(/C=C/C(CC(=O)c2ccccc2)C(=O)c2ccccc2)cc1. The van der Waals surface area contributed by atoms with Gasteiger partial charge in [0.2, 0.25) is 0 Å². The van der Waals surface area contributed by atoms with E-state index in [1.54, 1.807) is 24.3 Å². The molecule has 3 rings (SSSR count). The minimum absolute atomic E-state index is 0.0292. The molecule has 3 aromatic carbocycles. The summed E-state index contributed by atoms with van der Waals surface area (Å²) in [7, 11) is 0. The summed E-state index contributed by atoms with van der Waals surface area (Å²) in [6, 6.07) is 26.3. The Bertz CT molecular complexity index is 923. The van der Waals surface area contributed by atoms with Crippen molar-refractivity contribution >= 4 is 17.6 Å². The predicted molar refractivity (Wildman–Crippen MR) is 110 cm³/mol. The highest BCUT2D eigenvalue weighted by Gasteiger charge is 2.21. The number of ketones is 2. The largest absolute Gasteiger partial charge is 0.294 e. The van der Waals surface area contributed by atoms with Crippen molar-refractivity contribution in [3.8, 4) is 0 Å². The zero-order valence-electron chi connectivity index (χ0n) is 15.3. The Kier molecular flexibility index (Phi) is 6.11. The summed E-state index contributed by atoms with van der Waals surface area (Å²) in [5.41, 5.74) is 3.45. The average molecular weight is 354 g/mol. The Hall–Kier alpha value is -3.26. The summed E-state index contributed by atoms with van der Waals surface area (Å²) < 4.78 is 0. The van der Waals surface area contributed by atoms with Crippen molar-refractivity contribution in [3.63, 3.8) is 0 Å². The van der Waals surface area contributed by atoms with E-state index in [1.807, 2.05) is 79.7 Å². The lowest BCUT2D eigenvalue weighted by atomic mass is 9.90. The van der Waals surface area contributed by atoms with Crippen LogP contribution in [0, 0.1) is 12.8 Å². The summed E-state index contributed by atoms with van der Waals surface area (Å²) in [4.78, 5) is 25.6. The van der Waals surface area contributed by atoms with E-state index in [9.17, 15) is 9.59 Å². The maximum absolute atomic E-state index is 13.0. The summed E-state index contributed by atoms with van der Waals surface area (Å²) >= 11 is 0. The molecular formula is C25H22O2. The third kappa shape index (κ3) is 5.11. The zero-order chi connectivity index (χ0) is 19.1. The number of benzene rings is 3. The van der Waals surface area contributed by atoms with E-state index in [2.05, 4.69) is 0 Å². The van der Waals surface area contributed by atoms with Gasteiger partial charge in [-0.3, -0.25) is 9.59 Å². The van der Waals surface area contributed by atoms with Crippen molar-refractivity contribution < 1.29 is 9.59 Å². The second-order valence-electron chi connectivity index (χ2n) is 6.60. The van der Waals surface area contributed by atoms with Crippen LogP contribution >= 0.6 is 0 Å². The fourth-order valence-corrected chi connectivity index (χ4v) is 2.91. The van der Waals surface area contributed by atoms with Crippen molar-refractivity contribution in [2.75, 3.05) is 0 Å². The van der Waals surface area contributed by atoms with Gasteiger partial charge in [-0.1, -0.05) is 103 Å². The first-order valence-corrected chi connectivity index (χ1v) is 9.06. The number of rotatable bonds is 7. The van der Waals surface area contributed by atoms with Crippen LogP contribution in [0.1, 0.15) is 38.3 Å². The summed E-state index contributed by atoms with van der Waals surface area (Å²) in [5.74, 6) is -0.567. The highest BCUT2D eigenvalue weighted by Crippen LogP contribution is 2.19. The quantitative estimate of drug-likeness (QED) is 0.504. The highest BCUT2D eigenvalue weighted by molar-refractivity contribution is 6.04. The van der Waals surface area contributed by atoms with Crippen LogP contribution in [-0.4, -0.2) is 11.6 Å². The van der Waals surface area contributed by atoms with Gasteiger partial charge in [0.1, 0.15) is 0 Å². The van der Waals surface area contributed by atoms with Crippen molar-refractivity contribution in [2.45, 2.75) is 13.3 Å². The molecule has 1 unspecified atom stereocenters. The van der Waals surface area contributed by atoms with Crippen LogP contribution in [0.2, 0.25) is 0 Å². The molecule has 3 aromatic rings. The zero-order valence-corrected chi connectivity index (χ0v) is 15.3. The fraction of sp³-hybridized carbons (Fsp3) is 0.120. The van der Waals surface area contributed by atoms with Gasteiger partial charge in [-0.2, -0.15) is 0 Å². The number of Topliss-reactive ketones (excluding diaryl/α,β-unsaturated/α-hetero) is 2. The van der Waals surface area contributed by atoms with E-state index in [1.165, 1.54) is 5.56 Å². The van der Waals surface area contributed by atoms with Crippen molar-refractivity contribution in [1.82, 2.24) is 0 Å². The van der Waals surface area contributed by atoms with Gasteiger partial charge in [0, 0.05) is 23.5 Å². The first-order chi connectivity index (χ1) is 13.1. The smallest absolute Gasteiger partial charge is 0.170 e. The van der Waals surface area contributed by atoms with Gasteiger partial charge >= 0.3 is 0 Å². The standard InChI is InChI=1S/C25H22O2/c1-19-12-14-20(15-13-19)16-17-23(25(27)22-10-6-3-7-11-22)18-24(26)21-8-4-2-5-9-21/h2-17,23H,18H2,1H3/b17-16+. The molecule has 0 saturated heterocycles. The minimum atomic E-state index is -0.499. The molecule has 0 fully saturated rings. The molecule has 0 amide bonds. The van der Waals surface area contributed by atoms with E-state index >= 15 is 0 Å². The van der Waals surface area contributed by atoms with Gasteiger partial charge in [-0.05, 0) is 12.5 Å². The summed E-state index contributed by atoms with van der Waals surface area (Å²) in [6.45, 7) is 2.04. The molecule has 0 aliphatic heterocycles. The maximum atomic E-state index is 13.0. The second-order valence-corrected chi connectivity index (χ2v) is 6.60. The number of carbonyl (C=O) groups excluding carboxylic acids is 2. The van der Waals surface area contributed by atoms with Crippen molar-refractivity contribution in [1.29, 1.82) is 0 Å². The molecule has 0 aliphatic rings. The number of hydrogen-bond acceptors (Lipinski definition) is 2. The molecule has 0 radical (unpaired) electrons. The van der Waals surface area contributed by atoms with Gasteiger partial charge in [-0.25, -0.2) is 0 Å². The van der Waals surface area contributed by atoms with Crippen LogP contribution in [0.3, 0.4) is 0 Å². The third-order valence-corrected chi connectivity index (χ3v) is 4.49. The van der Waals surface area contributed by atoms with E-state index in [0.717, 1.165) is 5.56 Å². The lowest BCUT2D eigenvalue weighted by molar-refractivity contribution is 0.0879. The molecule has 134 valence electrons. The van der Waals surface area contributed by atoms with Gasteiger partial charge in [0.15, 0.2) is 11.6 Å². The Morgan fingerprint density at radius 3 is 1.93 bits per heavy atom. The topological polar surface area (TPSA) is 34.1 Å². The van der Waals surface area contributed by atoms with Crippen LogP contribution in [0.15, 0.2) is 91.0 Å². The van der Waals surface area contributed by atoms with Crippen LogP contribution in [-0.2, 0) is 0 Å². The van der Waals surface area contributed by atoms with E-state index in [-0.39, 0.29) is 18.0 Å². The molecule has 0 N–H and O–H groups in total. The molecular weight excluding hydrogens is 332 g/mol. The predicted octanol–water partition coefficient (Wildman–Crippen LogP) is 5.78. The second kappa shape index (κ2) is 8.91.